The summed E-state index contributed by atoms with van der Waals surface area (Å²) in [5, 5.41) is 3.14. The number of amides is 2. The van der Waals surface area contributed by atoms with Crippen LogP contribution in [-0.2, 0) is 17.8 Å². The molecule has 27 heavy (non-hydrogen) atoms. The van der Waals surface area contributed by atoms with Crippen LogP contribution in [0.5, 0.6) is 0 Å². The van der Waals surface area contributed by atoms with E-state index in [2.05, 4.69) is 26.2 Å². The van der Waals surface area contributed by atoms with Crippen molar-refractivity contribution in [3.8, 4) is 0 Å². The van der Waals surface area contributed by atoms with E-state index >= 15 is 0 Å². The zero-order valence-electron chi connectivity index (χ0n) is 15.7. The molecule has 2 aromatic heterocycles. The molecular weight excluding hydrogens is 412 g/mol. The predicted octanol–water partition coefficient (Wildman–Crippen LogP) is 3.66. The van der Waals surface area contributed by atoms with Crippen molar-refractivity contribution >= 4 is 22.0 Å². The van der Waals surface area contributed by atoms with Gasteiger partial charge in [-0.25, -0.2) is 9.78 Å². The van der Waals surface area contributed by atoms with Crippen LogP contribution in [0.3, 0.4) is 0 Å². The van der Waals surface area contributed by atoms with Crippen molar-refractivity contribution in [3.63, 3.8) is 0 Å². The van der Waals surface area contributed by atoms with Crippen LogP contribution in [0.1, 0.15) is 31.4 Å². The zero-order chi connectivity index (χ0) is 19.1. The second-order valence-corrected chi connectivity index (χ2v) is 7.96. The van der Waals surface area contributed by atoms with Gasteiger partial charge < -0.3 is 23.9 Å². The van der Waals surface area contributed by atoms with Gasteiger partial charge in [-0.2, -0.15) is 0 Å². The lowest BCUT2D eigenvalue weighted by molar-refractivity contribution is 0.0690. The highest BCUT2D eigenvalue weighted by Gasteiger charge is 2.37. The number of nitrogens with zero attached hydrogens (tertiary/aromatic N) is 3. The summed E-state index contributed by atoms with van der Waals surface area (Å²) >= 11 is 3.32. The van der Waals surface area contributed by atoms with Crippen LogP contribution in [0.25, 0.3) is 0 Å². The predicted molar refractivity (Wildman–Crippen MR) is 105 cm³/mol. The standard InChI is InChI=1S/C19H27BrN4O3/c1-26-12-7-19(5-2-6-19)14-22-18(25)24(11-10-23-9-8-21-15-23)13-16-3-4-17(20)27-16/h3-4,8-9,15H,2,5-7,10-14H2,1H3,(H,22,25). The van der Waals surface area contributed by atoms with Crippen LogP contribution in [0, 0.1) is 5.41 Å². The van der Waals surface area contributed by atoms with E-state index in [9.17, 15) is 4.79 Å². The molecule has 1 aliphatic carbocycles. The van der Waals surface area contributed by atoms with Gasteiger partial charge in [0, 0.05) is 45.7 Å². The average molecular weight is 439 g/mol. The number of carbonyl (C=O) groups is 1. The van der Waals surface area contributed by atoms with Crippen molar-refractivity contribution in [3.05, 3.63) is 41.3 Å². The number of hydrogen-bond acceptors (Lipinski definition) is 4. The monoisotopic (exact) mass is 438 g/mol. The molecule has 0 atom stereocenters. The number of rotatable bonds is 10. The van der Waals surface area contributed by atoms with Gasteiger partial charge in [-0.05, 0) is 52.7 Å². The van der Waals surface area contributed by atoms with E-state index in [0.29, 0.717) is 30.8 Å². The molecule has 0 unspecified atom stereocenters. The first kappa shape index (κ1) is 19.9. The Hall–Kier alpha value is -1.80. The summed E-state index contributed by atoms with van der Waals surface area (Å²) in [6.07, 6.45) is 9.91. The molecule has 7 nitrogen and oxygen atoms in total. The number of hydrogen-bond donors (Lipinski definition) is 1. The third-order valence-corrected chi connectivity index (χ3v) is 5.74. The van der Waals surface area contributed by atoms with E-state index in [1.807, 2.05) is 22.9 Å². The molecule has 1 aliphatic rings. The molecule has 0 aliphatic heterocycles. The lowest BCUT2D eigenvalue weighted by atomic mass is 9.67. The molecule has 1 N–H and O–H groups in total. The summed E-state index contributed by atoms with van der Waals surface area (Å²) in [7, 11) is 1.73. The van der Waals surface area contributed by atoms with Crippen molar-refractivity contribution in [2.75, 3.05) is 26.8 Å². The van der Waals surface area contributed by atoms with Crippen molar-refractivity contribution in [2.45, 2.75) is 38.8 Å². The number of furan rings is 1. The van der Waals surface area contributed by atoms with Crippen molar-refractivity contribution in [2.24, 2.45) is 5.41 Å². The number of halogens is 1. The van der Waals surface area contributed by atoms with E-state index in [1.54, 1.807) is 24.5 Å². The average Bonchev–Trinajstić information content (AvgIpc) is 3.28. The normalized spacial score (nSPS) is 15.3. The fraction of sp³-hybridized carbons (Fsp3) is 0.579. The molecule has 0 saturated heterocycles. The van der Waals surface area contributed by atoms with Crippen LogP contribution < -0.4 is 5.32 Å². The van der Waals surface area contributed by atoms with Crippen LogP contribution >= 0.6 is 15.9 Å². The maximum Gasteiger partial charge on any atom is 0.317 e. The summed E-state index contributed by atoms with van der Waals surface area (Å²) in [5.74, 6) is 0.750. The van der Waals surface area contributed by atoms with Crippen LogP contribution in [0.15, 0.2) is 39.9 Å². The minimum atomic E-state index is -0.0636. The molecule has 2 aromatic rings. The summed E-state index contributed by atoms with van der Waals surface area (Å²) in [6, 6.07) is 3.66. The highest BCUT2D eigenvalue weighted by molar-refractivity contribution is 9.10. The minimum Gasteiger partial charge on any atom is -0.452 e. The maximum absolute atomic E-state index is 12.9. The first-order valence-electron chi connectivity index (χ1n) is 9.32. The SMILES string of the molecule is COCCC1(CNC(=O)N(CCn2ccnc2)Cc2ccc(Br)o2)CCC1. The first-order valence-corrected chi connectivity index (χ1v) is 10.1. The van der Waals surface area contributed by atoms with E-state index in [-0.39, 0.29) is 11.4 Å². The Balaban J connectivity index is 1.58. The number of carbonyl (C=O) groups excluding carboxylic acids is 1. The molecule has 0 bridgehead atoms. The van der Waals surface area contributed by atoms with Gasteiger partial charge in [0.25, 0.3) is 0 Å². The number of nitrogens with one attached hydrogen (secondary N) is 1. The number of ether oxygens (including phenoxy) is 1. The molecule has 1 fully saturated rings. The summed E-state index contributed by atoms with van der Waals surface area (Å²) in [6.45, 7) is 3.12. The van der Waals surface area contributed by atoms with Gasteiger partial charge in [0.1, 0.15) is 5.76 Å². The third-order valence-electron chi connectivity index (χ3n) is 5.32. The van der Waals surface area contributed by atoms with Gasteiger partial charge >= 0.3 is 6.03 Å². The summed E-state index contributed by atoms with van der Waals surface area (Å²) in [4.78, 5) is 18.7. The fourth-order valence-corrected chi connectivity index (χ4v) is 3.76. The van der Waals surface area contributed by atoms with Gasteiger partial charge in [-0.3, -0.25) is 0 Å². The Labute approximate surface area is 168 Å². The Morgan fingerprint density at radius 1 is 1.48 bits per heavy atom. The largest absolute Gasteiger partial charge is 0.452 e. The topological polar surface area (TPSA) is 72.5 Å². The molecule has 0 radical (unpaired) electrons. The van der Waals surface area contributed by atoms with Gasteiger partial charge in [-0.1, -0.05) is 6.42 Å². The summed E-state index contributed by atoms with van der Waals surface area (Å²) in [5.41, 5.74) is 0.190. The number of imidazole rings is 1. The van der Waals surface area contributed by atoms with Gasteiger partial charge in [0.15, 0.2) is 4.67 Å². The van der Waals surface area contributed by atoms with Crippen LogP contribution in [0.2, 0.25) is 0 Å². The smallest absolute Gasteiger partial charge is 0.317 e. The van der Waals surface area contributed by atoms with E-state index in [0.717, 1.165) is 31.6 Å². The molecule has 2 amide bonds. The van der Waals surface area contributed by atoms with Gasteiger partial charge in [-0.15, -0.1) is 0 Å². The Bertz CT molecular complexity index is 712. The molecular formula is C19H27BrN4O3. The van der Waals surface area contributed by atoms with Crippen molar-refractivity contribution in [1.82, 2.24) is 19.8 Å². The minimum absolute atomic E-state index is 0.0636. The molecule has 1 saturated carbocycles. The van der Waals surface area contributed by atoms with Crippen molar-refractivity contribution in [1.29, 1.82) is 0 Å². The lowest BCUT2D eigenvalue weighted by Crippen LogP contribution is -2.48. The second kappa shape index (κ2) is 9.41. The number of aromatic nitrogens is 2. The van der Waals surface area contributed by atoms with Gasteiger partial charge in [0.2, 0.25) is 0 Å². The third kappa shape index (κ3) is 5.59. The van der Waals surface area contributed by atoms with Crippen LogP contribution in [0.4, 0.5) is 4.79 Å². The maximum atomic E-state index is 12.9. The zero-order valence-corrected chi connectivity index (χ0v) is 17.3. The first-order chi connectivity index (χ1) is 13.1. The van der Waals surface area contributed by atoms with E-state index in [4.69, 9.17) is 9.15 Å². The molecule has 0 spiro atoms. The molecule has 2 heterocycles. The molecule has 8 heteroatoms. The number of urea groups is 1. The van der Waals surface area contributed by atoms with Crippen molar-refractivity contribution < 1.29 is 13.9 Å². The second-order valence-electron chi connectivity index (χ2n) is 7.18. The Kier molecular flexibility index (Phi) is 6.95. The highest BCUT2D eigenvalue weighted by Crippen LogP contribution is 2.43. The lowest BCUT2D eigenvalue weighted by Gasteiger charge is -2.42. The fourth-order valence-electron chi connectivity index (χ4n) is 3.42. The molecule has 0 aromatic carbocycles. The van der Waals surface area contributed by atoms with E-state index < -0.39 is 0 Å². The van der Waals surface area contributed by atoms with E-state index in [1.165, 1.54) is 6.42 Å². The Morgan fingerprint density at radius 2 is 2.33 bits per heavy atom. The quantitative estimate of drug-likeness (QED) is 0.614. The molecule has 3 rings (SSSR count). The summed E-state index contributed by atoms with van der Waals surface area (Å²) < 4.78 is 13.5. The van der Waals surface area contributed by atoms with Crippen LogP contribution in [-0.4, -0.2) is 47.3 Å². The highest BCUT2D eigenvalue weighted by atomic mass is 79.9. The Morgan fingerprint density at radius 3 is 2.93 bits per heavy atom. The number of methoxy groups -OCH3 is 1. The molecule has 148 valence electrons. The van der Waals surface area contributed by atoms with Gasteiger partial charge in [0.05, 0.1) is 12.9 Å².